The van der Waals surface area contributed by atoms with Crippen LogP contribution in [-0.2, 0) is 20.8 Å². The fourth-order valence-electron chi connectivity index (χ4n) is 5.39. The van der Waals surface area contributed by atoms with Gasteiger partial charge in [-0.25, -0.2) is 0 Å². The smallest absolute Gasteiger partial charge is 0.255 e. The van der Waals surface area contributed by atoms with Gasteiger partial charge in [-0.1, -0.05) is 56.4 Å². The molecule has 2 aromatic carbocycles. The Balaban J connectivity index is 1.56. The third-order valence-electron chi connectivity index (χ3n) is 7.75. The van der Waals surface area contributed by atoms with Crippen LogP contribution in [0.5, 0.6) is 11.5 Å². The van der Waals surface area contributed by atoms with Crippen molar-refractivity contribution >= 4 is 23.6 Å². The lowest BCUT2D eigenvalue weighted by Gasteiger charge is -2.26. The third kappa shape index (κ3) is 9.49. The van der Waals surface area contributed by atoms with Crippen molar-refractivity contribution in [3.8, 4) is 11.5 Å². The number of fused-ring (bicyclic) bond motifs is 1. The number of amides is 4. The highest BCUT2D eigenvalue weighted by Crippen LogP contribution is 2.20. The maximum Gasteiger partial charge on any atom is 0.255 e. The Morgan fingerprint density at radius 2 is 1.60 bits per heavy atom. The fraction of sp³-hybridized carbons (Fsp3) is 0.500. The molecule has 4 amide bonds. The third-order valence-corrected chi connectivity index (χ3v) is 7.75. The van der Waals surface area contributed by atoms with Gasteiger partial charge in [0.25, 0.3) is 5.91 Å². The van der Waals surface area contributed by atoms with E-state index >= 15 is 0 Å². The molecule has 0 saturated heterocycles. The average Bonchev–Trinajstić information content (AvgIpc) is 2.99. The minimum atomic E-state index is -1.15. The Hall–Kier alpha value is -4.08. The highest BCUT2D eigenvalue weighted by Gasteiger charge is 2.30. The summed E-state index contributed by atoms with van der Waals surface area (Å²) < 4.78 is 5.91. The molecule has 42 heavy (non-hydrogen) atoms. The number of carbonyl (C=O) groups is 4. The van der Waals surface area contributed by atoms with Gasteiger partial charge in [-0.05, 0) is 55.5 Å². The number of rotatable bonds is 4. The van der Waals surface area contributed by atoms with Crippen LogP contribution in [0.15, 0.2) is 48.5 Å². The van der Waals surface area contributed by atoms with Crippen LogP contribution in [0.3, 0.4) is 0 Å². The summed E-state index contributed by atoms with van der Waals surface area (Å²) >= 11 is 0. The molecule has 2 atom stereocenters. The van der Waals surface area contributed by atoms with Gasteiger partial charge >= 0.3 is 0 Å². The Kier molecular flexibility index (Phi) is 11.6. The molecule has 5 N–H and O–H groups in total. The lowest BCUT2D eigenvalue weighted by atomic mass is 9.95. The Labute approximate surface area is 247 Å². The number of ether oxygens (including phenoxy) is 1. The molecule has 0 spiro atoms. The van der Waals surface area contributed by atoms with Gasteiger partial charge in [0.2, 0.25) is 17.7 Å². The maximum absolute atomic E-state index is 13.4. The van der Waals surface area contributed by atoms with Gasteiger partial charge in [0.15, 0.2) is 0 Å². The summed E-state index contributed by atoms with van der Waals surface area (Å²) in [7, 11) is 0. The van der Waals surface area contributed by atoms with Crippen molar-refractivity contribution in [2.24, 2.45) is 0 Å². The predicted octanol–water partition coefficient (Wildman–Crippen LogP) is 3.13. The summed E-state index contributed by atoms with van der Waals surface area (Å²) in [5, 5.41) is 21.1. The highest BCUT2D eigenvalue weighted by molar-refractivity contribution is 6.01. The Morgan fingerprint density at radius 3 is 2.38 bits per heavy atom. The summed E-state index contributed by atoms with van der Waals surface area (Å²) in [5.41, 5.74) is 1.05. The minimum absolute atomic E-state index is 0.0112. The molecule has 1 aliphatic carbocycles. The number of phenols is 1. The monoisotopic (exact) mass is 578 g/mol. The average molecular weight is 579 g/mol. The summed E-state index contributed by atoms with van der Waals surface area (Å²) in [6, 6.07) is 11.3. The molecule has 0 aromatic heterocycles. The highest BCUT2D eigenvalue weighted by atomic mass is 16.5. The molecule has 0 bridgehead atoms. The quantitative estimate of drug-likeness (QED) is 0.377. The van der Waals surface area contributed by atoms with Crippen molar-refractivity contribution in [3.05, 3.63) is 59.7 Å². The number of benzene rings is 2. The zero-order valence-electron chi connectivity index (χ0n) is 24.0. The largest absolute Gasteiger partial charge is 0.508 e. The first-order valence-corrected chi connectivity index (χ1v) is 15.1. The van der Waals surface area contributed by atoms with Crippen LogP contribution in [0.2, 0.25) is 0 Å². The first-order chi connectivity index (χ1) is 20.4. The zero-order valence-corrected chi connectivity index (χ0v) is 24.0. The molecular weight excluding hydrogens is 536 g/mol. The van der Waals surface area contributed by atoms with Gasteiger partial charge < -0.3 is 31.1 Å². The number of hydrogen-bond acceptors (Lipinski definition) is 6. The molecular formula is C32H42N4O6. The van der Waals surface area contributed by atoms with E-state index in [9.17, 15) is 24.3 Å². The van der Waals surface area contributed by atoms with Crippen LogP contribution in [0.1, 0.15) is 80.1 Å². The van der Waals surface area contributed by atoms with Crippen molar-refractivity contribution in [1.82, 2.24) is 21.3 Å². The van der Waals surface area contributed by atoms with Crippen LogP contribution >= 0.6 is 0 Å². The van der Waals surface area contributed by atoms with Gasteiger partial charge in [0, 0.05) is 19.0 Å². The first kappa shape index (κ1) is 30.9. The number of nitrogens with one attached hydrogen (secondary N) is 4. The topological polar surface area (TPSA) is 146 Å². The van der Waals surface area contributed by atoms with Crippen LogP contribution in [-0.4, -0.2) is 60.0 Å². The van der Waals surface area contributed by atoms with Crippen LogP contribution in [0.25, 0.3) is 0 Å². The first-order valence-electron chi connectivity index (χ1n) is 15.1. The molecule has 10 heteroatoms. The van der Waals surface area contributed by atoms with Crippen molar-refractivity contribution in [3.63, 3.8) is 0 Å². The second-order valence-electron chi connectivity index (χ2n) is 11.1. The molecule has 1 aliphatic heterocycles. The van der Waals surface area contributed by atoms with Gasteiger partial charge in [-0.2, -0.15) is 0 Å². The molecule has 1 heterocycles. The minimum Gasteiger partial charge on any atom is -0.508 e. The lowest BCUT2D eigenvalue weighted by Crippen LogP contribution is -2.54. The normalized spacial score (nSPS) is 21.8. The number of phenolic OH excluding ortho intramolecular Hbond substituents is 1. The van der Waals surface area contributed by atoms with E-state index in [1.165, 1.54) is 12.1 Å². The SMILES string of the molecule is O=C1C[C@@H](C(=O)NC2CCCCC2)NC(=O)c2ccccc2OCCCCCCNC(=O)[C@H](Cc2ccc(O)cc2)N1. The number of hydrogen-bond donors (Lipinski definition) is 5. The van der Waals surface area contributed by atoms with Crippen molar-refractivity contribution in [2.75, 3.05) is 13.2 Å². The molecule has 2 aromatic rings. The number of carbonyl (C=O) groups excluding carboxylic acids is 4. The van der Waals surface area contributed by atoms with E-state index in [2.05, 4.69) is 21.3 Å². The maximum atomic E-state index is 13.4. The summed E-state index contributed by atoms with van der Waals surface area (Å²) in [6.07, 6.45) is 8.05. The summed E-state index contributed by atoms with van der Waals surface area (Å²) in [6.45, 7) is 0.895. The van der Waals surface area contributed by atoms with Crippen molar-refractivity contribution < 1.29 is 29.0 Å². The fourth-order valence-corrected chi connectivity index (χ4v) is 5.39. The van der Waals surface area contributed by atoms with Gasteiger partial charge in [-0.3, -0.25) is 19.2 Å². The van der Waals surface area contributed by atoms with E-state index in [0.717, 1.165) is 63.4 Å². The molecule has 2 aliphatic rings. The van der Waals surface area contributed by atoms with E-state index in [4.69, 9.17) is 4.74 Å². The second-order valence-corrected chi connectivity index (χ2v) is 11.1. The lowest BCUT2D eigenvalue weighted by molar-refractivity contribution is -0.131. The molecule has 0 radical (unpaired) electrons. The van der Waals surface area contributed by atoms with Crippen LogP contribution in [0, 0.1) is 0 Å². The standard InChI is InChI=1S/C32H42N4O6/c37-24-16-14-22(15-17-24)20-26-31(40)33-18-8-1-2-9-19-42-28-13-7-6-12-25(28)30(39)36-27(21-29(38)35-26)32(41)34-23-10-4-3-5-11-23/h6-7,12-17,23,26-27,37H,1-5,8-11,18-21H2,(H,33,40)(H,34,41)(H,35,38)(H,36,39)/t26-,27-/m0/s1. The van der Waals surface area contributed by atoms with E-state index in [-0.39, 0.29) is 30.5 Å². The molecule has 4 rings (SSSR count). The van der Waals surface area contributed by atoms with Crippen LogP contribution in [0.4, 0.5) is 0 Å². The van der Waals surface area contributed by atoms with Gasteiger partial charge in [0.05, 0.1) is 18.6 Å². The van der Waals surface area contributed by atoms with E-state index in [0.29, 0.717) is 24.5 Å². The molecule has 1 fully saturated rings. The number of para-hydroxylation sites is 1. The molecule has 1 saturated carbocycles. The molecule has 226 valence electrons. The van der Waals surface area contributed by atoms with Crippen LogP contribution < -0.4 is 26.0 Å². The Bertz CT molecular complexity index is 1210. The van der Waals surface area contributed by atoms with E-state index in [1.807, 2.05) is 0 Å². The van der Waals surface area contributed by atoms with E-state index in [1.54, 1.807) is 36.4 Å². The van der Waals surface area contributed by atoms with E-state index < -0.39 is 29.8 Å². The van der Waals surface area contributed by atoms with Gasteiger partial charge in [-0.15, -0.1) is 0 Å². The van der Waals surface area contributed by atoms with Gasteiger partial charge in [0.1, 0.15) is 23.6 Å². The molecule has 10 nitrogen and oxygen atoms in total. The molecule has 0 unspecified atom stereocenters. The predicted molar refractivity (Wildman–Crippen MR) is 158 cm³/mol. The summed E-state index contributed by atoms with van der Waals surface area (Å²) in [4.78, 5) is 53.3. The number of aromatic hydroxyl groups is 1. The zero-order chi connectivity index (χ0) is 29.7. The second kappa shape index (κ2) is 15.8. The Morgan fingerprint density at radius 1 is 0.881 bits per heavy atom. The van der Waals surface area contributed by atoms with Crippen molar-refractivity contribution in [2.45, 2.75) is 88.8 Å². The van der Waals surface area contributed by atoms with Crippen molar-refractivity contribution in [1.29, 1.82) is 0 Å². The summed E-state index contributed by atoms with van der Waals surface area (Å²) in [5.74, 6) is -1.29.